The number of amides is 1. The molecule has 3 aromatic rings. The predicted octanol–water partition coefficient (Wildman–Crippen LogP) is 2.53. The molecule has 0 bridgehead atoms. The fourth-order valence-corrected chi connectivity index (χ4v) is 4.05. The van der Waals surface area contributed by atoms with Crippen molar-refractivity contribution < 1.29 is 13.9 Å². The van der Waals surface area contributed by atoms with E-state index in [0.717, 1.165) is 41.3 Å². The number of hydrogen-bond acceptors (Lipinski definition) is 5. The quantitative estimate of drug-likeness (QED) is 0.678. The third-order valence-corrected chi connectivity index (χ3v) is 5.86. The number of rotatable bonds is 5. The Hall–Kier alpha value is -3.20. The van der Waals surface area contributed by atoms with Gasteiger partial charge in [0.05, 0.1) is 18.5 Å². The van der Waals surface area contributed by atoms with Gasteiger partial charge in [0.1, 0.15) is 5.69 Å². The van der Waals surface area contributed by atoms with Gasteiger partial charge in [-0.05, 0) is 37.6 Å². The second-order valence-electron chi connectivity index (χ2n) is 7.87. The molecule has 1 N–H and O–H groups in total. The van der Waals surface area contributed by atoms with Crippen LogP contribution in [-0.4, -0.2) is 69.0 Å². The second-order valence-corrected chi connectivity index (χ2v) is 7.87. The SMILES string of the molecule is COc1ccc(CN2CCN(C(=O)c3cc(-c4c(C)nn(C)c4C)n[nH]3)CC2)cc1F. The van der Waals surface area contributed by atoms with Gasteiger partial charge in [0.15, 0.2) is 11.6 Å². The van der Waals surface area contributed by atoms with E-state index in [-0.39, 0.29) is 17.5 Å². The van der Waals surface area contributed by atoms with E-state index in [4.69, 9.17) is 4.74 Å². The molecule has 2 aromatic heterocycles. The summed E-state index contributed by atoms with van der Waals surface area (Å²) in [6.45, 7) is 7.22. The third kappa shape index (κ3) is 4.18. The summed E-state index contributed by atoms with van der Waals surface area (Å²) in [5.41, 5.74) is 4.93. The smallest absolute Gasteiger partial charge is 0.271 e. The van der Waals surface area contributed by atoms with Crippen LogP contribution in [0.15, 0.2) is 24.3 Å². The number of halogens is 1. The molecule has 0 spiro atoms. The molecule has 0 aliphatic carbocycles. The van der Waals surface area contributed by atoms with E-state index in [0.29, 0.717) is 25.3 Å². The molecule has 9 heteroatoms. The van der Waals surface area contributed by atoms with E-state index in [1.165, 1.54) is 13.2 Å². The average Bonchev–Trinajstić information content (AvgIpc) is 3.32. The van der Waals surface area contributed by atoms with Crippen LogP contribution in [0.5, 0.6) is 5.75 Å². The van der Waals surface area contributed by atoms with E-state index in [2.05, 4.69) is 20.2 Å². The number of aromatic amines is 1. The van der Waals surface area contributed by atoms with Crippen LogP contribution in [0.4, 0.5) is 4.39 Å². The number of ether oxygens (including phenoxy) is 1. The Bertz CT molecular complexity index is 1100. The summed E-state index contributed by atoms with van der Waals surface area (Å²) in [6.07, 6.45) is 0. The van der Waals surface area contributed by atoms with Crippen LogP contribution in [-0.2, 0) is 13.6 Å². The minimum atomic E-state index is -0.358. The highest BCUT2D eigenvalue weighted by Crippen LogP contribution is 2.25. The predicted molar refractivity (Wildman–Crippen MR) is 114 cm³/mol. The summed E-state index contributed by atoms with van der Waals surface area (Å²) < 4.78 is 20.7. The standard InChI is InChI=1S/C22H27FN6O2/c1-14-21(15(2)27(3)26-14)18-12-19(25-24-18)22(30)29-9-7-28(8-10-29)13-16-5-6-20(31-4)17(23)11-16/h5-6,11-12H,7-10,13H2,1-4H3,(H,24,25). The fourth-order valence-electron chi connectivity index (χ4n) is 4.05. The number of nitrogens with one attached hydrogen (secondary N) is 1. The molecule has 0 radical (unpaired) electrons. The van der Waals surface area contributed by atoms with Gasteiger partial charge in [0.2, 0.25) is 0 Å². The molecular formula is C22H27FN6O2. The van der Waals surface area contributed by atoms with Crippen molar-refractivity contribution in [1.82, 2.24) is 29.8 Å². The highest BCUT2D eigenvalue weighted by Gasteiger charge is 2.25. The molecule has 0 saturated carbocycles. The van der Waals surface area contributed by atoms with E-state index >= 15 is 0 Å². The Labute approximate surface area is 180 Å². The molecular weight excluding hydrogens is 399 g/mol. The van der Waals surface area contributed by atoms with Gasteiger partial charge in [-0.1, -0.05) is 6.07 Å². The van der Waals surface area contributed by atoms with Crippen LogP contribution in [0.3, 0.4) is 0 Å². The Kier molecular flexibility index (Phi) is 5.77. The van der Waals surface area contributed by atoms with Gasteiger partial charge in [-0.3, -0.25) is 19.5 Å². The summed E-state index contributed by atoms with van der Waals surface area (Å²) in [5.74, 6) is -0.175. The number of piperazine rings is 1. The summed E-state index contributed by atoms with van der Waals surface area (Å²) in [7, 11) is 3.35. The molecule has 1 aliphatic rings. The average molecular weight is 426 g/mol. The monoisotopic (exact) mass is 426 g/mol. The number of carbonyl (C=O) groups is 1. The molecule has 1 fully saturated rings. The Morgan fingerprint density at radius 1 is 1.19 bits per heavy atom. The zero-order chi connectivity index (χ0) is 22.1. The largest absolute Gasteiger partial charge is 0.494 e. The lowest BCUT2D eigenvalue weighted by atomic mass is 10.1. The van der Waals surface area contributed by atoms with Gasteiger partial charge in [-0.2, -0.15) is 10.2 Å². The Morgan fingerprint density at radius 3 is 2.55 bits per heavy atom. The minimum absolute atomic E-state index is 0.0620. The van der Waals surface area contributed by atoms with Crippen LogP contribution >= 0.6 is 0 Å². The summed E-state index contributed by atoms with van der Waals surface area (Å²) >= 11 is 0. The van der Waals surface area contributed by atoms with Gasteiger partial charge < -0.3 is 9.64 Å². The van der Waals surface area contributed by atoms with Crippen LogP contribution in [0, 0.1) is 19.7 Å². The van der Waals surface area contributed by atoms with Crippen molar-refractivity contribution in [2.45, 2.75) is 20.4 Å². The maximum absolute atomic E-state index is 13.9. The van der Waals surface area contributed by atoms with E-state index < -0.39 is 0 Å². The molecule has 31 heavy (non-hydrogen) atoms. The van der Waals surface area contributed by atoms with E-state index in [1.54, 1.807) is 12.1 Å². The van der Waals surface area contributed by atoms with Crippen molar-refractivity contribution in [2.75, 3.05) is 33.3 Å². The molecule has 8 nitrogen and oxygen atoms in total. The number of benzene rings is 1. The lowest BCUT2D eigenvalue weighted by molar-refractivity contribution is 0.0622. The van der Waals surface area contributed by atoms with Crippen LogP contribution in [0.2, 0.25) is 0 Å². The molecule has 0 unspecified atom stereocenters. The first-order chi connectivity index (χ1) is 14.9. The van der Waals surface area contributed by atoms with Gasteiger partial charge in [-0.15, -0.1) is 0 Å². The first-order valence-electron chi connectivity index (χ1n) is 10.3. The topological polar surface area (TPSA) is 79.3 Å². The van der Waals surface area contributed by atoms with Crippen molar-refractivity contribution in [3.05, 3.63) is 52.7 Å². The van der Waals surface area contributed by atoms with Crippen LogP contribution in [0.25, 0.3) is 11.3 Å². The molecule has 1 aromatic carbocycles. The fraction of sp³-hybridized carbons (Fsp3) is 0.409. The number of carbonyl (C=O) groups excluding carboxylic acids is 1. The number of nitrogens with zero attached hydrogens (tertiary/aromatic N) is 5. The van der Waals surface area contributed by atoms with Gasteiger partial charge >= 0.3 is 0 Å². The second kappa shape index (κ2) is 8.50. The van der Waals surface area contributed by atoms with Gasteiger partial charge in [0, 0.05) is 51.0 Å². The highest BCUT2D eigenvalue weighted by atomic mass is 19.1. The summed E-state index contributed by atoms with van der Waals surface area (Å²) in [5, 5.41) is 11.7. The summed E-state index contributed by atoms with van der Waals surface area (Å²) in [4.78, 5) is 17.0. The molecule has 1 saturated heterocycles. The molecule has 164 valence electrons. The molecule has 1 aliphatic heterocycles. The summed E-state index contributed by atoms with van der Waals surface area (Å²) in [6, 6.07) is 6.82. The Balaban J connectivity index is 1.37. The highest BCUT2D eigenvalue weighted by molar-refractivity contribution is 5.93. The number of aryl methyl sites for hydroxylation is 2. The molecule has 0 atom stereocenters. The maximum Gasteiger partial charge on any atom is 0.271 e. The molecule has 3 heterocycles. The number of H-pyrrole nitrogens is 1. The third-order valence-electron chi connectivity index (χ3n) is 5.86. The minimum Gasteiger partial charge on any atom is -0.494 e. The van der Waals surface area contributed by atoms with Crippen LogP contribution in [0.1, 0.15) is 27.4 Å². The number of hydrogen-bond donors (Lipinski definition) is 1. The maximum atomic E-state index is 13.9. The zero-order valence-corrected chi connectivity index (χ0v) is 18.3. The first-order valence-corrected chi connectivity index (χ1v) is 10.3. The van der Waals surface area contributed by atoms with E-state index in [1.807, 2.05) is 36.5 Å². The van der Waals surface area contributed by atoms with Gasteiger partial charge in [-0.25, -0.2) is 4.39 Å². The van der Waals surface area contributed by atoms with Crippen molar-refractivity contribution in [2.24, 2.45) is 7.05 Å². The van der Waals surface area contributed by atoms with Crippen molar-refractivity contribution in [3.63, 3.8) is 0 Å². The molecule has 4 rings (SSSR count). The van der Waals surface area contributed by atoms with Crippen molar-refractivity contribution in [1.29, 1.82) is 0 Å². The van der Waals surface area contributed by atoms with E-state index in [9.17, 15) is 9.18 Å². The number of methoxy groups -OCH3 is 1. The van der Waals surface area contributed by atoms with Crippen molar-refractivity contribution >= 4 is 5.91 Å². The van der Waals surface area contributed by atoms with Gasteiger partial charge in [0.25, 0.3) is 5.91 Å². The van der Waals surface area contributed by atoms with Crippen LogP contribution < -0.4 is 4.74 Å². The Morgan fingerprint density at radius 2 is 1.94 bits per heavy atom. The normalized spacial score (nSPS) is 14.8. The lowest BCUT2D eigenvalue weighted by Gasteiger charge is -2.34. The first kappa shape index (κ1) is 21.0. The lowest BCUT2D eigenvalue weighted by Crippen LogP contribution is -2.48. The molecule has 1 amide bonds. The zero-order valence-electron chi connectivity index (χ0n) is 18.3. The number of aromatic nitrogens is 4. The van der Waals surface area contributed by atoms with Crippen molar-refractivity contribution in [3.8, 4) is 17.0 Å².